The van der Waals surface area contributed by atoms with Gasteiger partial charge in [-0.1, -0.05) is 55.5 Å². The molecule has 2 heterocycles. The Bertz CT molecular complexity index is 1310. The molecule has 0 bridgehead atoms. The molecule has 0 radical (unpaired) electrons. The van der Waals surface area contributed by atoms with Crippen molar-refractivity contribution in [2.45, 2.75) is 26.0 Å². The first-order valence-corrected chi connectivity index (χ1v) is 12.6. The second kappa shape index (κ2) is 12.0. The number of likely N-dealkylation sites (N-methyl/N-ethyl adjacent to an activating group) is 1. The van der Waals surface area contributed by atoms with Gasteiger partial charge in [-0.05, 0) is 42.3 Å². The number of amides is 2. The van der Waals surface area contributed by atoms with Crippen LogP contribution in [0.5, 0.6) is 5.88 Å². The maximum absolute atomic E-state index is 13.7. The zero-order valence-corrected chi connectivity index (χ0v) is 21.8. The normalized spacial score (nSPS) is 18.3. The summed E-state index contributed by atoms with van der Waals surface area (Å²) in [4.78, 5) is 34.1. The average molecular weight is 518 g/mol. The Hall–Kier alpha value is -4.04. The van der Waals surface area contributed by atoms with Crippen LogP contribution < -0.4 is 4.74 Å². The second-order valence-electron chi connectivity index (χ2n) is 9.68. The molecule has 2 aromatic carbocycles. The summed E-state index contributed by atoms with van der Waals surface area (Å²) in [7, 11) is 1.63. The van der Waals surface area contributed by atoms with Gasteiger partial charge in [-0.15, -0.1) is 0 Å². The highest BCUT2D eigenvalue weighted by Crippen LogP contribution is 2.28. The molecule has 3 aromatic rings. The van der Waals surface area contributed by atoms with E-state index >= 15 is 0 Å². The smallest absolute Gasteiger partial charge is 0.259 e. The second-order valence-corrected chi connectivity index (χ2v) is 9.68. The van der Waals surface area contributed by atoms with E-state index in [9.17, 15) is 19.1 Å². The molecule has 0 saturated carbocycles. The molecular formula is C30H32FN3O4. The maximum Gasteiger partial charge on any atom is 0.259 e. The van der Waals surface area contributed by atoms with E-state index in [2.05, 4.69) is 4.98 Å². The van der Waals surface area contributed by atoms with E-state index < -0.39 is 18.0 Å². The quantitative estimate of drug-likeness (QED) is 0.503. The van der Waals surface area contributed by atoms with Crippen LogP contribution in [0.2, 0.25) is 0 Å². The number of rotatable bonds is 7. The third-order valence-electron chi connectivity index (χ3n) is 6.68. The number of hydrogen-bond acceptors (Lipinski definition) is 5. The van der Waals surface area contributed by atoms with Gasteiger partial charge in [0.1, 0.15) is 17.5 Å². The zero-order chi connectivity index (χ0) is 27.2. The van der Waals surface area contributed by atoms with Crippen molar-refractivity contribution < 1.29 is 23.8 Å². The summed E-state index contributed by atoms with van der Waals surface area (Å²) < 4.78 is 19.9. The molecule has 198 valence electrons. The number of nitrogens with zero attached hydrogens (tertiary/aromatic N) is 3. The fourth-order valence-corrected chi connectivity index (χ4v) is 4.38. The molecule has 1 aromatic heterocycles. The number of benzene rings is 2. The molecular weight excluding hydrogens is 485 g/mol. The number of hydrogen-bond donors (Lipinski definition) is 1. The number of ether oxygens (including phenoxy) is 1. The molecule has 3 atom stereocenters. The number of aliphatic hydroxyl groups is 1. The number of aromatic nitrogens is 1. The van der Waals surface area contributed by atoms with E-state index in [0.717, 1.165) is 11.1 Å². The van der Waals surface area contributed by atoms with Crippen LogP contribution in [0.15, 0.2) is 66.9 Å². The van der Waals surface area contributed by atoms with Crippen molar-refractivity contribution in [3.05, 3.63) is 94.9 Å². The third-order valence-corrected chi connectivity index (χ3v) is 6.68. The predicted octanol–water partition coefficient (Wildman–Crippen LogP) is 4.38. The summed E-state index contributed by atoms with van der Waals surface area (Å²) in [5, 5.41) is 9.86. The van der Waals surface area contributed by atoms with Crippen LogP contribution in [0.1, 0.15) is 45.7 Å². The van der Waals surface area contributed by atoms with Crippen LogP contribution in [0.3, 0.4) is 0 Å². The maximum atomic E-state index is 13.7. The first-order chi connectivity index (χ1) is 18.3. The molecule has 7 nitrogen and oxygen atoms in total. The van der Waals surface area contributed by atoms with Gasteiger partial charge in [0.15, 0.2) is 0 Å². The lowest BCUT2D eigenvalue weighted by atomic mass is 9.99. The number of aliphatic hydroxyl groups excluding tert-OH is 1. The highest BCUT2D eigenvalue weighted by Gasteiger charge is 2.34. The Balaban J connectivity index is 1.64. The van der Waals surface area contributed by atoms with Crippen molar-refractivity contribution in [1.29, 1.82) is 0 Å². The van der Waals surface area contributed by atoms with Gasteiger partial charge in [-0.2, -0.15) is 0 Å². The monoisotopic (exact) mass is 517 g/mol. The highest BCUT2D eigenvalue weighted by atomic mass is 19.1. The Morgan fingerprint density at radius 2 is 1.92 bits per heavy atom. The topological polar surface area (TPSA) is 83.0 Å². The molecule has 8 heteroatoms. The Kier molecular flexibility index (Phi) is 8.53. The third kappa shape index (κ3) is 6.26. The first-order valence-electron chi connectivity index (χ1n) is 12.6. The summed E-state index contributed by atoms with van der Waals surface area (Å²) in [6.45, 7) is 4.03. The molecule has 1 aliphatic rings. The van der Waals surface area contributed by atoms with Crippen LogP contribution in [0, 0.1) is 11.7 Å². The van der Waals surface area contributed by atoms with Gasteiger partial charge in [0.25, 0.3) is 11.8 Å². The lowest BCUT2D eigenvalue weighted by molar-refractivity contribution is 0.0313. The molecule has 1 aliphatic heterocycles. The first kappa shape index (κ1) is 27.0. The van der Waals surface area contributed by atoms with E-state index in [-0.39, 0.29) is 47.9 Å². The van der Waals surface area contributed by atoms with Gasteiger partial charge < -0.3 is 19.6 Å². The van der Waals surface area contributed by atoms with E-state index in [4.69, 9.17) is 4.74 Å². The van der Waals surface area contributed by atoms with Gasteiger partial charge in [0.05, 0.1) is 19.2 Å². The fourth-order valence-electron chi connectivity index (χ4n) is 4.38. The zero-order valence-electron chi connectivity index (χ0n) is 21.8. The standard InChI is InChI=1S/C30H32FN3O4/c1-20-17-34(21(2)19-35)30(37)26-14-23(13-12-22-8-5-4-6-9-22)16-32-28(26)38-27(20)18-33(3)29(36)24-10-7-11-25(31)15-24/h4-16,20-21,27,35H,17-19H2,1-3H3/b13-12+/t20-,21+,27+/m1/s1. The fraction of sp³-hybridized carbons (Fsp3) is 0.300. The van der Waals surface area contributed by atoms with Crippen molar-refractivity contribution >= 4 is 24.0 Å². The van der Waals surface area contributed by atoms with Crippen molar-refractivity contribution in [3.8, 4) is 5.88 Å². The minimum absolute atomic E-state index is 0.171. The average Bonchev–Trinajstić information content (AvgIpc) is 2.93. The van der Waals surface area contributed by atoms with Crippen LogP contribution >= 0.6 is 0 Å². The van der Waals surface area contributed by atoms with Crippen molar-refractivity contribution in [2.75, 3.05) is 26.7 Å². The molecule has 0 aliphatic carbocycles. The van der Waals surface area contributed by atoms with E-state index in [1.807, 2.05) is 49.4 Å². The summed E-state index contributed by atoms with van der Waals surface area (Å²) in [6, 6.07) is 16.6. The Labute approximate surface area is 222 Å². The molecule has 1 N–H and O–H groups in total. The summed E-state index contributed by atoms with van der Waals surface area (Å²) in [5.74, 6) is -1.12. The SMILES string of the molecule is C[C@@H]1CN([C@@H](C)CO)C(=O)c2cc(/C=C/c3ccccc3)cnc2O[C@H]1CN(C)C(=O)c1cccc(F)c1. The minimum Gasteiger partial charge on any atom is -0.472 e. The van der Waals surface area contributed by atoms with Crippen LogP contribution in [-0.2, 0) is 0 Å². The van der Waals surface area contributed by atoms with Gasteiger partial charge in [0, 0.05) is 31.3 Å². The van der Waals surface area contributed by atoms with Gasteiger partial charge in [-0.25, -0.2) is 9.37 Å². The molecule has 0 spiro atoms. The molecule has 38 heavy (non-hydrogen) atoms. The van der Waals surface area contributed by atoms with Crippen LogP contribution in [-0.4, -0.2) is 70.6 Å². The predicted molar refractivity (Wildman–Crippen MR) is 144 cm³/mol. The number of pyridine rings is 1. The van der Waals surface area contributed by atoms with Gasteiger partial charge in [-0.3, -0.25) is 9.59 Å². The van der Waals surface area contributed by atoms with E-state index in [1.165, 1.54) is 23.1 Å². The van der Waals surface area contributed by atoms with E-state index in [0.29, 0.717) is 6.54 Å². The Morgan fingerprint density at radius 3 is 2.63 bits per heavy atom. The van der Waals surface area contributed by atoms with Crippen molar-refractivity contribution in [2.24, 2.45) is 5.92 Å². The number of carbonyl (C=O) groups is 2. The molecule has 0 unspecified atom stereocenters. The summed E-state index contributed by atoms with van der Waals surface area (Å²) >= 11 is 0. The summed E-state index contributed by atoms with van der Waals surface area (Å²) in [6.07, 6.45) is 4.94. The van der Waals surface area contributed by atoms with Gasteiger partial charge in [0.2, 0.25) is 5.88 Å². The molecule has 0 fully saturated rings. The van der Waals surface area contributed by atoms with Crippen LogP contribution in [0.4, 0.5) is 4.39 Å². The molecule has 0 saturated heterocycles. The number of halogens is 1. The van der Waals surface area contributed by atoms with E-state index in [1.54, 1.807) is 37.2 Å². The molecule has 4 rings (SSSR count). The van der Waals surface area contributed by atoms with Crippen molar-refractivity contribution in [3.63, 3.8) is 0 Å². The molecule has 2 amide bonds. The largest absolute Gasteiger partial charge is 0.472 e. The number of carbonyl (C=O) groups excluding carboxylic acids is 2. The Morgan fingerprint density at radius 1 is 1.18 bits per heavy atom. The van der Waals surface area contributed by atoms with Crippen molar-refractivity contribution in [1.82, 2.24) is 14.8 Å². The van der Waals surface area contributed by atoms with Gasteiger partial charge >= 0.3 is 0 Å². The lowest BCUT2D eigenvalue weighted by Crippen LogP contribution is -2.50. The number of fused-ring (bicyclic) bond motifs is 1. The highest BCUT2D eigenvalue weighted by molar-refractivity contribution is 5.97. The van der Waals surface area contributed by atoms with Crippen LogP contribution in [0.25, 0.3) is 12.2 Å². The lowest BCUT2D eigenvalue weighted by Gasteiger charge is -2.37. The minimum atomic E-state index is -0.504. The summed E-state index contributed by atoms with van der Waals surface area (Å²) in [5.41, 5.74) is 2.27.